The van der Waals surface area contributed by atoms with Crippen LogP contribution in [0, 0.1) is 5.41 Å². The Balaban J connectivity index is 0.000000455. The van der Waals surface area contributed by atoms with Crippen LogP contribution in [-0.2, 0) is 14.4 Å². The van der Waals surface area contributed by atoms with E-state index >= 15 is 0 Å². The zero-order valence-corrected chi connectivity index (χ0v) is 21.7. The van der Waals surface area contributed by atoms with Crippen LogP contribution in [0.1, 0.15) is 34.6 Å². The van der Waals surface area contributed by atoms with Crippen LogP contribution < -0.4 is 10.6 Å². The van der Waals surface area contributed by atoms with E-state index in [1.165, 1.54) is 25.7 Å². The smallest absolute Gasteiger partial charge is 0.214 e. The number of piperazine rings is 2. The number of aldehydes is 1. The number of benzene rings is 1. The Kier molecular flexibility index (Phi) is 15.0. The third kappa shape index (κ3) is 15.9. The van der Waals surface area contributed by atoms with Crippen LogP contribution in [0.25, 0.3) is 0 Å². The first-order valence-corrected chi connectivity index (χ1v) is 11.5. The van der Waals surface area contributed by atoms with Crippen molar-refractivity contribution in [1.82, 2.24) is 14.7 Å². The van der Waals surface area contributed by atoms with Gasteiger partial charge in [-0.1, -0.05) is 39.0 Å². The molecule has 2 aliphatic rings. The highest BCUT2D eigenvalue weighted by molar-refractivity contribution is 5.70. The molecule has 2 aliphatic heterocycles. The van der Waals surface area contributed by atoms with Gasteiger partial charge in [-0.3, -0.25) is 9.59 Å². The molecule has 1 atom stereocenters. The molecule has 0 aliphatic carbocycles. The van der Waals surface area contributed by atoms with Crippen molar-refractivity contribution in [1.29, 1.82) is 0 Å². The first-order chi connectivity index (χ1) is 15.4. The third-order valence-electron chi connectivity index (χ3n) is 5.12. The summed E-state index contributed by atoms with van der Waals surface area (Å²) in [6.45, 7) is 16.5. The predicted octanol–water partition coefficient (Wildman–Crippen LogP) is 1.94. The van der Waals surface area contributed by atoms with Crippen LogP contribution in [0.5, 0.6) is 0 Å². The first-order valence-electron chi connectivity index (χ1n) is 11.5. The van der Waals surface area contributed by atoms with E-state index in [1.54, 1.807) is 0 Å². The average molecular weight is 464 g/mol. The van der Waals surface area contributed by atoms with Gasteiger partial charge in [0, 0.05) is 69.9 Å². The molecule has 2 N–H and O–H groups in total. The number of likely N-dealkylation sites (N-methyl/N-ethyl adjacent to an activating group) is 2. The van der Waals surface area contributed by atoms with Crippen molar-refractivity contribution < 1.29 is 14.4 Å². The maximum atomic E-state index is 10.3. The second kappa shape index (κ2) is 16.2. The molecule has 33 heavy (non-hydrogen) atoms. The lowest BCUT2D eigenvalue weighted by molar-refractivity contribution is -0.120. The minimum atomic E-state index is -0.333. The van der Waals surface area contributed by atoms with Crippen LogP contribution in [0.4, 0.5) is 5.69 Å². The zero-order chi connectivity index (χ0) is 25.4. The highest BCUT2D eigenvalue weighted by atomic mass is 16.1. The standard InChI is InChI=1S/C11H16N2.C7H14N2O.C5H10O.C2H5NO/c1-12-7-9-13(10-8-12)11-5-3-2-4-6-11;1-7-5-9(6-10)4-3-8(7)2;1-5(2,3)4-6;1-2(3)4/h2-6H,7-10H2,1H3;6-7H,3-5H2,1-2H3;4H,1-3H3;1H3,(H2,3,4). The second-order valence-electron chi connectivity index (χ2n) is 9.65. The molecule has 3 rings (SSSR count). The summed E-state index contributed by atoms with van der Waals surface area (Å²) < 4.78 is 0. The number of carbonyl (C=O) groups excluding carboxylic acids is 3. The molecule has 2 amide bonds. The summed E-state index contributed by atoms with van der Waals surface area (Å²) >= 11 is 0. The van der Waals surface area contributed by atoms with Crippen molar-refractivity contribution in [3.05, 3.63) is 30.3 Å². The average Bonchev–Trinajstić information content (AvgIpc) is 2.77. The summed E-state index contributed by atoms with van der Waals surface area (Å²) in [5.74, 6) is -0.333. The van der Waals surface area contributed by atoms with Crippen LogP contribution in [0.15, 0.2) is 30.3 Å². The van der Waals surface area contributed by atoms with Gasteiger partial charge in [-0.15, -0.1) is 0 Å². The topological polar surface area (TPSA) is 90.2 Å². The monoisotopic (exact) mass is 463 g/mol. The van der Waals surface area contributed by atoms with Gasteiger partial charge >= 0.3 is 0 Å². The number of nitrogens with zero attached hydrogens (tertiary/aromatic N) is 4. The van der Waals surface area contributed by atoms with E-state index < -0.39 is 0 Å². The van der Waals surface area contributed by atoms with Crippen molar-refractivity contribution in [2.75, 3.05) is 64.8 Å². The summed E-state index contributed by atoms with van der Waals surface area (Å²) in [6.07, 6.45) is 1.87. The Hall–Kier alpha value is -2.45. The van der Waals surface area contributed by atoms with E-state index in [9.17, 15) is 14.4 Å². The zero-order valence-electron chi connectivity index (χ0n) is 21.7. The maximum absolute atomic E-state index is 10.3. The van der Waals surface area contributed by atoms with Gasteiger partial charge in [0.25, 0.3) is 0 Å². The Morgan fingerprint density at radius 3 is 1.85 bits per heavy atom. The Bertz CT molecular complexity index is 666. The Labute approximate surface area is 200 Å². The Morgan fingerprint density at radius 2 is 1.45 bits per heavy atom. The highest BCUT2D eigenvalue weighted by Crippen LogP contribution is 2.14. The third-order valence-corrected chi connectivity index (χ3v) is 5.12. The van der Waals surface area contributed by atoms with E-state index in [-0.39, 0.29) is 11.3 Å². The number of para-hydroxylation sites is 1. The van der Waals surface area contributed by atoms with E-state index in [2.05, 4.69) is 71.8 Å². The fourth-order valence-corrected chi connectivity index (χ4v) is 2.88. The van der Waals surface area contributed by atoms with Crippen molar-refractivity contribution in [3.8, 4) is 0 Å². The normalized spacial score (nSPS) is 18.9. The number of rotatable bonds is 2. The molecule has 0 radical (unpaired) electrons. The van der Waals surface area contributed by atoms with E-state index in [1.807, 2.05) is 25.7 Å². The molecule has 0 bridgehead atoms. The molecular formula is C25H45N5O3. The molecule has 8 nitrogen and oxygen atoms in total. The largest absolute Gasteiger partial charge is 0.370 e. The van der Waals surface area contributed by atoms with Crippen LogP contribution in [0.2, 0.25) is 0 Å². The number of nitrogens with two attached hydrogens (primary N) is 1. The minimum Gasteiger partial charge on any atom is -0.370 e. The summed E-state index contributed by atoms with van der Waals surface area (Å²) in [5.41, 5.74) is 5.69. The van der Waals surface area contributed by atoms with E-state index in [0.29, 0.717) is 6.04 Å². The van der Waals surface area contributed by atoms with E-state index in [4.69, 9.17) is 0 Å². The summed E-state index contributed by atoms with van der Waals surface area (Å²) in [5, 5.41) is 0. The van der Waals surface area contributed by atoms with E-state index in [0.717, 1.165) is 45.4 Å². The second-order valence-corrected chi connectivity index (χ2v) is 9.65. The number of hydrogen-bond donors (Lipinski definition) is 1. The van der Waals surface area contributed by atoms with Gasteiger partial charge < -0.3 is 30.1 Å². The predicted molar refractivity (Wildman–Crippen MR) is 136 cm³/mol. The van der Waals surface area contributed by atoms with Gasteiger partial charge in [-0.25, -0.2) is 0 Å². The van der Waals surface area contributed by atoms with Crippen molar-refractivity contribution in [2.45, 2.75) is 40.7 Å². The summed E-state index contributed by atoms with van der Waals surface area (Å²) in [6, 6.07) is 11.2. The SMILES string of the molecule is CC(C)(C)C=O.CC(N)=O.CC1CN(C=O)CCN1C.CN1CCN(c2ccccc2)CC1. The molecule has 2 saturated heterocycles. The lowest BCUT2D eigenvalue weighted by atomic mass is 10.0. The molecular weight excluding hydrogens is 418 g/mol. The van der Waals surface area contributed by atoms with Crippen LogP contribution in [0.3, 0.4) is 0 Å². The van der Waals surface area contributed by atoms with Crippen molar-refractivity contribution >= 4 is 24.3 Å². The number of carbonyl (C=O) groups is 3. The number of primary amides is 1. The fraction of sp³-hybridized carbons (Fsp3) is 0.640. The quantitative estimate of drug-likeness (QED) is 0.674. The van der Waals surface area contributed by atoms with Gasteiger partial charge in [0.05, 0.1) is 0 Å². The number of amides is 2. The van der Waals surface area contributed by atoms with Crippen LogP contribution >= 0.6 is 0 Å². The summed E-state index contributed by atoms with van der Waals surface area (Å²) in [7, 11) is 4.27. The van der Waals surface area contributed by atoms with Crippen molar-refractivity contribution in [3.63, 3.8) is 0 Å². The molecule has 1 aromatic carbocycles. The molecule has 0 saturated carbocycles. The molecule has 0 spiro atoms. The van der Waals surface area contributed by atoms with Crippen LogP contribution in [-0.4, -0.2) is 99.3 Å². The molecule has 2 heterocycles. The highest BCUT2D eigenvalue weighted by Gasteiger charge is 2.18. The van der Waals surface area contributed by atoms with Gasteiger partial charge in [-0.2, -0.15) is 0 Å². The van der Waals surface area contributed by atoms with Gasteiger partial charge in [0.2, 0.25) is 12.3 Å². The van der Waals surface area contributed by atoms with Crippen molar-refractivity contribution in [2.24, 2.45) is 11.1 Å². The molecule has 0 aromatic heterocycles. The molecule has 2 fully saturated rings. The minimum absolute atomic E-state index is 0.139. The number of anilines is 1. The Morgan fingerprint density at radius 1 is 0.970 bits per heavy atom. The molecule has 188 valence electrons. The van der Waals surface area contributed by atoms with Gasteiger partial charge in [-0.05, 0) is 33.2 Å². The first kappa shape index (κ1) is 30.6. The lowest BCUT2D eigenvalue weighted by Gasteiger charge is -2.35. The molecule has 1 aromatic rings. The summed E-state index contributed by atoms with van der Waals surface area (Å²) in [4.78, 5) is 38.3. The number of hydrogen-bond acceptors (Lipinski definition) is 6. The molecule has 8 heteroatoms. The van der Waals surface area contributed by atoms with Gasteiger partial charge in [0.1, 0.15) is 6.29 Å². The fourth-order valence-electron chi connectivity index (χ4n) is 2.88. The van der Waals surface area contributed by atoms with Gasteiger partial charge in [0.15, 0.2) is 0 Å². The molecule has 1 unspecified atom stereocenters. The maximum Gasteiger partial charge on any atom is 0.214 e. The lowest BCUT2D eigenvalue weighted by Crippen LogP contribution is -2.49.